The Morgan fingerprint density at radius 3 is 3.08 bits per heavy atom. The summed E-state index contributed by atoms with van der Waals surface area (Å²) in [5.74, 6) is 0. The number of thiazole rings is 1. The molecule has 1 aromatic carbocycles. The molecule has 0 saturated carbocycles. The minimum atomic E-state index is 0.454. The minimum absolute atomic E-state index is 0.454. The van der Waals surface area contributed by atoms with Gasteiger partial charge in [0.15, 0.2) is 0 Å². The number of fused-ring (bicyclic) bond motifs is 1. The molecule has 0 atom stereocenters. The molecule has 2 rings (SSSR count). The molecular formula is C9H8N2OS. The van der Waals surface area contributed by atoms with Gasteiger partial charge in [0.25, 0.3) is 0 Å². The predicted octanol–water partition coefficient (Wildman–Crippen LogP) is 1.57. The lowest BCUT2D eigenvalue weighted by atomic mass is 10.2. The lowest BCUT2D eigenvalue weighted by Crippen LogP contribution is -1.93. The summed E-state index contributed by atoms with van der Waals surface area (Å²) in [5.41, 5.74) is 6.97. The average molecular weight is 192 g/mol. The van der Waals surface area contributed by atoms with Crippen LogP contribution in [-0.2, 0) is 6.54 Å². The van der Waals surface area contributed by atoms with E-state index in [1.54, 1.807) is 23.5 Å². The van der Waals surface area contributed by atoms with Crippen LogP contribution in [-0.4, -0.2) is 11.3 Å². The third kappa shape index (κ3) is 1.46. The lowest BCUT2D eigenvalue weighted by molar-refractivity contribution is 0.112. The van der Waals surface area contributed by atoms with Gasteiger partial charge in [0, 0.05) is 12.1 Å². The smallest absolute Gasteiger partial charge is 0.150 e. The second kappa shape index (κ2) is 3.24. The maximum Gasteiger partial charge on any atom is 0.150 e. The van der Waals surface area contributed by atoms with Crippen molar-refractivity contribution < 1.29 is 4.79 Å². The SMILES string of the molecule is NCc1nc2cc(C=O)ccc2s1. The van der Waals surface area contributed by atoms with Crippen LogP contribution in [0.3, 0.4) is 0 Å². The van der Waals surface area contributed by atoms with Crippen LogP contribution in [0.15, 0.2) is 18.2 Å². The maximum absolute atomic E-state index is 10.5. The molecule has 0 aliphatic carbocycles. The summed E-state index contributed by atoms with van der Waals surface area (Å²) in [7, 11) is 0. The number of nitrogens with two attached hydrogens (primary N) is 1. The highest BCUT2D eigenvalue weighted by molar-refractivity contribution is 7.18. The molecule has 0 radical (unpaired) electrons. The van der Waals surface area contributed by atoms with Gasteiger partial charge in [0.1, 0.15) is 11.3 Å². The molecule has 0 saturated heterocycles. The molecule has 4 heteroatoms. The third-order valence-electron chi connectivity index (χ3n) is 1.77. The van der Waals surface area contributed by atoms with E-state index in [0.29, 0.717) is 12.1 Å². The number of aromatic nitrogens is 1. The summed E-state index contributed by atoms with van der Waals surface area (Å²) in [6.07, 6.45) is 0.820. The van der Waals surface area contributed by atoms with Crippen LogP contribution < -0.4 is 5.73 Å². The fourth-order valence-electron chi connectivity index (χ4n) is 1.15. The van der Waals surface area contributed by atoms with Crippen molar-refractivity contribution in [3.63, 3.8) is 0 Å². The van der Waals surface area contributed by atoms with E-state index in [9.17, 15) is 4.79 Å². The van der Waals surface area contributed by atoms with Crippen LogP contribution in [0.5, 0.6) is 0 Å². The van der Waals surface area contributed by atoms with E-state index in [2.05, 4.69) is 4.98 Å². The van der Waals surface area contributed by atoms with Gasteiger partial charge < -0.3 is 5.73 Å². The molecule has 1 aromatic heterocycles. The van der Waals surface area contributed by atoms with Gasteiger partial charge in [-0.1, -0.05) is 6.07 Å². The van der Waals surface area contributed by atoms with Crippen molar-refractivity contribution in [2.75, 3.05) is 0 Å². The third-order valence-corrected chi connectivity index (χ3v) is 2.83. The number of nitrogens with zero attached hydrogens (tertiary/aromatic N) is 1. The first-order chi connectivity index (χ1) is 6.33. The molecule has 1 heterocycles. The number of carbonyl (C=O) groups excluding carboxylic acids is 1. The lowest BCUT2D eigenvalue weighted by Gasteiger charge is -1.87. The predicted molar refractivity (Wildman–Crippen MR) is 52.9 cm³/mol. The van der Waals surface area contributed by atoms with E-state index in [1.807, 2.05) is 6.07 Å². The van der Waals surface area contributed by atoms with Crippen LogP contribution in [0, 0.1) is 0 Å². The van der Waals surface area contributed by atoms with E-state index < -0.39 is 0 Å². The normalized spacial score (nSPS) is 10.5. The molecular weight excluding hydrogens is 184 g/mol. The fourth-order valence-corrected chi connectivity index (χ4v) is 1.98. The molecule has 3 nitrogen and oxygen atoms in total. The zero-order valence-corrected chi connectivity index (χ0v) is 7.67. The highest BCUT2D eigenvalue weighted by Gasteiger charge is 2.02. The zero-order valence-electron chi connectivity index (χ0n) is 6.86. The summed E-state index contributed by atoms with van der Waals surface area (Å²) >= 11 is 1.56. The number of rotatable bonds is 2. The van der Waals surface area contributed by atoms with Crippen molar-refractivity contribution in [2.45, 2.75) is 6.54 Å². The van der Waals surface area contributed by atoms with Gasteiger partial charge in [-0.15, -0.1) is 11.3 Å². The van der Waals surface area contributed by atoms with Gasteiger partial charge in [0.2, 0.25) is 0 Å². The maximum atomic E-state index is 10.5. The molecule has 0 unspecified atom stereocenters. The average Bonchev–Trinajstić information content (AvgIpc) is 2.58. The van der Waals surface area contributed by atoms with Gasteiger partial charge in [-0.25, -0.2) is 4.98 Å². The summed E-state index contributed by atoms with van der Waals surface area (Å²) < 4.78 is 1.08. The van der Waals surface area contributed by atoms with Crippen molar-refractivity contribution in [2.24, 2.45) is 5.73 Å². The second-order valence-corrected chi connectivity index (χ2v) is 3.77. The fraction of sp³-hybridized carbons (Fsp3) is 0.111. The molecule has 66 valence electrons. The van der Waals surface area contributed by atoms with Crippen LogP contribution in [0.25, 0.3) is 10.2 Å². The van der Waals surface area contributed by atoms with E-state index in [-0.39, 0.29) is 0 Å². The monoisotopic (exact) mass is 192 g/mol. The summed E-state index contributed by atoms with van der Waals surface area (Å²) in [4.78, 5) is 14.8. The molecule has 0 aliphatic heterocycles. The largest absolute Gasteiger partial charge is 0.325 e. The Morgan fingerprint density at radius 2 is 2.38 bits per heavy atom. The topological polar surface area (TPSA) is 56.0 Å². The van der Waals surface area contributed by atoms with Gasteiger partial charge in [-0.2, -0.15) is 0 Å². The van der Waals surface area contributed by atoms with E-state index in [4.69, 9.17) is 5.73 Å². The van der Waals surface area contributed by atoms with Crippen LogP contribution in [0.4, 0.5) is 0 Å². The Hall–Kier alpha value is -1.26. The zero-order chi connectivity index (χ0) is 9.26. The molecule has 0 spiro atoms. The summed E-state index contributed by atoms with van der Waals surface area (Å²) in [5, 5.41) is 0.901. The molecule has 0 bridgehead atoms. The van der Waals surface area contributed by atoms with E-state index >= 15 is 0 Å². The number of carbonyl (C=O) groups is 1. The van der Waals surface area contributed by atoms with Crippen molar-refractivity contribution >= 4 is 27.8 Å². The Balaban J connectivity index is 2.63. The number of aldehydes is 1. The summed E-state index contributed by atoms with van der Waals surface area (Å²) in [6.45, 7) is 0.454. The molecule has 2 N–H and O–H groups in total. The van der Waals surface area contributed by atoms with Crippen LogP contribution in [0.1, 0.15) is 15.4 Å². The molecule has 2 aromatic rings. The Labute approximate surface area is 79.2 Å². The Kier molecular flexibility index (Phi) is 2.08. The van der Waals surface area contributed by atoms with Gasteiger partial charge in [0.05, 0.1) is 10.2 Å². The second-order valence-electron chi connectivity index (χ2n) is 2.66. The van der Waals surface area contributed by atoms with Crippen molar-refractivity contribution in [1.82, 2.24) is 4.98 Å². The first kappa shape index (κ1) is 8.34. The van der Waals surface area contributed by atoms with Crippen molar-refractivity contribution in [3.8, 4) is 0 Å². The van der Waals surface area contributed by atoms with Crippen molar-refractivity contribution in [3.05, 3.63) is 28.8 Å². The number of benzene rings is 1. The molecule has 13 heavy (non-hydrogen) atoms. The molecule has 0 amide bonds. The first-order valence-corrected chi connectivity index (χ1v) is 4.70. The number of hydrogen-bond donors (Lipinski definition) is 1. The highest BCUT2D eigenvalue weighted by Crippen LogP contribution is 2.22. The Bertz CT molecular complexity index is 450. The summed E-state index contributed by atoms with van der Waals surface area (Å²) in [6, 6.07) is 5.46. The standard InChI is InChI=1S/C9H8N2OS/c10-4-9-11-7-3-6(5-12)1-2-8(7)13-9/h1-3,5H,4,10H2. The molecule has 0 fully saturated rings. The van der Waals surface area contributed by atoms with Gasteiger partial charge in [-0.05, 0) is 12.1 Å². The van der Waals surface area contributed by atoms with E-state index in [0.717, 1.165) is 21.5 Å². The van der Waals surface area contributed by atoms with Crippen molar-refractivity contribution in [1.29, 1.82) is 0 Å². The number of hydrogen-bond acceptors (Lipinski definition) is 4. The van der Waals surface area contributed by atoms with Gasteiger partial charge in [-0.3, -0.25) is 4.79 Å². The Morgan fingerprint density at radius 1 is 1.54 bits per heavy atom. The van der Waals surface area contributed by atoms with Gasteiger partial charge >= 0.3 is 0 Å². The van der Waals surface area contributed by atoms with Crippen LogP contribution in [0.2, 0.25) is 0 Å². The molecule has 0 aliphatic rings. The van der Waals surface area contributed by atoms with Crippen LogP contribution >= 0.6 is 11.3 Å². The first-order valence-electron chi connectivity index (χ1n) is 3.88. The quantitative estimate of drug-likeness (QED) is 0.735. The highest BCUT2D eigenvalue weighted by atomic mass is 32.1. The van der Waals surface area contributed by atoms with E-state index in [1.165, 1.54) is 0 Å². The minimum Gasteiger partial charge on any atom is -0.325 e.